The molecule has 0 bridgehead atoms. The van der Waals surface area contributed by atoms with Crippen molar-refractivity contribution in [1.82, 2.24) is 24.3 Å². The van der Waals surface area contributed by atoms with Gasteiger partial charge in [0.25, 0.3) is 5.91 Å². The van der Waals surface area contributed by atoms with Crippen LogP contribution < -0.4 is 5.32 Å². The molecule has 2 atom stereocenters. The lowest BCUT2D eigenvalue weighted by Crippen LogP contribution is -2.26. The number of benzene rings is 1. The van der Waals surface area contributed by atoms with Crippen molar-refractivity contribution in [2.24, 2.45) is 25.9 Å². The standard InChI is InChI=1S/C28H27ClF2N6O2/c1-36-14-33-25(26(36)27(38)34-19-4-5-21(30)20(29)9-19)16-7-17-11-28(39,12-18(17)8-16)23-10-22(35-37(23)2)15-3-6-24(31)32-13-15/h3-6,9-10,13-14,16-18,39H,7-8,11-12H2,1-2H3,(H,34,38). The van der Waals surface area contributed by atoms with E-state index in [2.05, 4.69) is 20.4 Å². The quantitative estimate of drug-likeness (QED) is 0.332. The van der Waals surface area contributed by atoms with Gasteiger partial charge in [-0.1, -0.05) is 11.6 Å². The largest absolute Gasteiger partial charge is 0.384 e. The Hall–Kier alpha value is -3.63. The molecule has 6 rings (SSSR count). The predicted octanol–water partition coefficient (Wildman–Crippen LogP) is 5.19. The number of anilines is 1. The van der Waals surface area contributed by atoms with Gasteiger partial charge in [0.15, 0.2) is 0 Å². The zero-order valence-electron chi connectivity index (χ0n) is 21.4. The molecule has 0 saturated heterocycles. The number of rotatable bonds is 5. The predicted molar refractivity (Wildman–Crippen MR) is 141 cm³/mol. The molecule has 1 amide bonds. The summed E-state index contributed by atoms with van der Waals surface area (Å²) in [6.07, 6.45) is 5.84. The molecule has 2 aliphatic carbocycles. The third-order valence-corrected chi connectivity index (χ3v) is 8.45. The fraction of sp³-hybridized carbons (Fsp3) is 0.357. The summed E-state index contributed by atoms with van der Waals surface area (Å²) in [5, 5.41) is 19.0. The highest BCUT2D eigenvalue weighted by molar-refractivity contribution is 6.31. The molecule has 4 aromatic rings. The summed E-state index contributed by atoms with van der Waals surface area (Å²) >= 11 is 5.87. The van der Waals surface area contributed by atoms with Crippen LogP contribution in [0.3, 0.4) is 0 Å². The van der Waals surface area contributed by atoms with Gasteiger partial charge in [0.05, 0.1) is 28.4 Å². The molecule has 2 N–H and O–H groups in total. The zero-order chi connectivity index (χ0) is 27.5. The average molecular weight is 553 g/mol. The van der Waals surface area contributed by atoms with Crippen molar-refractivity contribution in [3.05, 3.63) is 82.8 Å². The van der Waals surface area contributed by atoms with Crippen LogP contribution in [0.5, 0.6) is 0 Å². The molecule has 0 radical (unpaired) electrons. The molecule has 39 heavy (non-hydrogen) atoms. The first kappa shape index (κ1) is 25.6. The number of nitrogens with one attached hydrogen (secondary N) is 1. The maximum Gasteiger partial charge on any atom is 0.274 e. The number of fused-ring (bicyclic) bond motifs is 1. The zero-order valence-corrected chi connectivity index (χ0v) is 22.2. The van der Waals surface area contributed by atoms with Crippen LogP contribution in [0, 0.1) is 23.6 Å². The molecule has 202 valence electrons. The lowest BCUT2D eigenvalue weighted by atomic mass is 9.89. The van der Waals surface area contributed by atoms with Crippen molar-refractivity contribution in [3.63, 3.8) is 0 Å². The van der Waals surface area contributed by atoms with E-state index in [1.165, 1.54) is 30.5 Å². The SMILES string of the molecule is Cn1cnc(C2CC3CC(O)(c4cc(-c5ccc(F)nc5)nn4C)CC3C2)c1C(=O)Nc1ccc(F)c(Cl)c1. The van der Waals surface area contributed by atoms with E-state index in [-0.39, 0.29) is 28.7 Å². The third-order valence-electron chi connectivity index (χ3n) is 8.17. The molecule has 3 aromatic heterocycles. The molecule has 2 aliphatic rings. The maximum atomic E-state index is 13.5. The number of hydrogen-bond acceptors (Lipinski definition) is 5. The first-order chi connectivity index (χ1) is 18.6. The molecule has 8 nitrogen and oxygen atoms in total. The van der Waals surface area contributed by atoms with Crippen LogP contribution in [0.1, 0.15) is 53.5 Å². The second kappa shape index (κ2) is 9.53. The second-order valence-electron chi connectivity index (χ2n) is 10.7. The van der Waals surface area contributed by atoms with E-state index < -0.39 is 17.4 Å². The smallest absolute Gasteiger partial charge is 0.274 e. The fourth-order valence-electron chi connectivity index (χ4n) is 6.45. The average Bonchev–Trinajstić information content (AvgIpc) is 3.63. The highest BCUT2D eigenvalue weighted by Crippen LogP contribution is 2.57. The van der Waals surface area contributed by atoms with Gasteiger partial charge in [-0.2, -0.15) is 9.49 Å². The van der Waals surface area contributed by atoms with Gasteiger partial charge in [-0.15, -0.1) is 0 Å². The number of pyridine rings is 1. The number of aromatic nitrogens is 5. The highest BCUT2D eigenvalue weighted by atomic mass is 35.5. The molecule has 11 heteroatoms. The van der Waals surface area contributed by atoms with Gasteiger partial charge in [0.2, 0.25) is 5.95 Å². The number of imidazole rings is 1. The van der Waals surface area contributed by atoms with Crippen LogP contribution in [0.4, 0.5) is 14.5 Å². The summed E-state index contributed by atoms with van der Waals surface area (Å²) in [7, 11) is 3.58. The molecule has 3 heterocycles. The van der Waals surface area contributed by atoms with Crippen LogP contribution in [0.2, 0.25) is 5.02 Å². The number of halogens is 3. The van der Waals surface area contributed by atoms with Crippen LogP contribution in [0.15, 0.2) is 48.9 Å². The molecule has 0 aliphatic heterocycles. The monoisotopic (exact) mass is 552 g/mol. The van der Waals surface area contributed by atoms with Gasteiger partial charge in [0.1, 0.15) is 17.1 Å². The van der Waals surface area contributed by atoms with E-state index in [1.54, 1.807) is 35.7 Å². The Bertz CT molecular complexity index is 1550. The Labute approximate surface area is 228 Å². The van der Waals surface area contributed by atoms with E-state index in [4.69, 9.17) is 11.6 Å². The van der Waals surface area contributed by atoms with Crippen molar-refractivity contribution in [3.8, 4) is 11.3 Å². The second-order valence-corrected chi connectivity index (χ2v) is 11.1. The Kier molecular flexibility index (Phi) is 6.27. The molecular weight excluding hydrogens is 526 g/mol. The van der Waals surface area contributed by atoms with Gasteiger partial charge in [-0.3, -0.25) is 9.48 Å². The number of carbonyl (C=O) groups excluding carboxylic acids is 1. The topological polar surface area (TPSA) is 97.9 Å². The Morgan fingerprint density at radius 3 is 2.51 bits per heavy atom. The van der Waals surface area contributed by atoms with Gasteiger partial charge < -0.3 is 15.0 Å². The fourth-order valence-corrected chi connectivity index (χ4v) is 6.63. The number of amides is 1. The minimum Gasteiger partial charge on any atom is -0.384 e. The van der Waals surface area contributed by atoms with Crippen LogP contribution >= 0.6 is 11.6 Å². The van der Waals surface area contributed by atoms with Crippen molar-refractivity contribution in [2.45, 2.75) is 37.2 Å². The lowest BCUT2D eigenvalue weighted by molar-refractivity contribution is 0.0263. The normalized spacial score (nSPS) is 24.2. The summed E-state index contributed by atoms with van der Waals surface area (Å²) in [5.41, 5.74) is 2.61. The van der Waals surface area contributed by atoms with Crippen LogP contribution in [-0.4, -0.2) is 35.3 Å². The summed E-state index contributed by atoms with van der Waals surface area (Å²) in [6, 6.07) is 8.82. The molecule has 1 aromatic carbocycles. The first-order valence-corrected chi connectivity index (χ1v) is 13.2. The first-order valence-electron chi connectivity index (χ1n) is 12.8. The van der Waals surface area contributed by atoms with Gasteiger partial charge in [0, 0.05) is 37.5 Å². The van der Waals surface area contributed by atoms with Crippen molar-refractivity contribution in [2.75, 3.05) is 5.32 Å². The minimum absolute atomic E-state index is 0.0657. The Balaban J connectivity index is 1.18. The highest BCUT2D eigenvalue weighted by Gasteiger charge is 2.51. The molecule has 2 unspecified atom stereocenters. The summed E-state index contributed by atoms with van der Waals surface area (Å²) in [6.45, 7) is 0. The van der Waals surface area contributed by atoms with Crippen molar-refractivity contribution < 1.29 is 18.7 Å². The number of aryl methyl sites for hydroxylation is 2. The lowest BCUT2D eigenvalue weighted by Gasteiger charge is -2.25. The summed E-state index contributed by atoms with van der Waals surface area (Å²) < 4.78 is 30.2. The number of aliphatic hydroxyl groups is 1. The van der Waals surface area contributed by atoms with E-state index in [0.29, 0.717) is 35.5 Å². The third kappa shape index (κ3) is 4.61. The summed E-state index contributed by atoms with van der Waals surface area (Å²) in [4.78, 5) is 21.5. The van der Waals surface area contributed by atoms with E-state index in [1.807, 2.05) is 6.07 Å². The minimum atomic E-state index is -1.03. The molecule has 0 spiro atoms. The van der Waals surface area contributed by atoms with Gasteiger partial charge in [-0.05, 0) is 73.9 Å². The van der Waals surface area contributed by atoms with Crippen molar-refractivity contribution in [1.29, 1.82) is 0 Å². The van der Waals surface area contributed by atoms with E-state index >= 15 is 0 Å². The summed E-state index contributed by atoms with van der Waals surface area (Å²) in [5.74, 6) is -0.836. The Morgan fingerprint density at radius 1 is 1.10 bits per heavy atom. The number of hydrogen-bond donors (Lipinski definition) is 2. The number of carbonyl (C=O) groups is 1. The van der Waals surface area contributed by atoms with Crippen LogP contribution in [-0.2, 0) is 19.7 Å². The van der Waals surface area contributed by atoms with Gasteiger partial charge in [-0.25, -0.2) is 14.4 Å². The van der Waals surface area contributed by atoms with Crippen LogP contribution in [0.25, 0.3) is 11.3 Å². The van der Waals surface area contributed by atoms with Gasteiger partial charge >= 0.3 is 0 Å². The molecule has 2 fully saturated rings. The Morgan fingerprint density at radius 2 is 1.85 bits per heavy atom. The number of nitrogens with zero attached hydrogens (tertiary/aromatic N) is 5. The molecule has 2 saturated carbocycles. The maximum absolute atomic E-state index is 13.5. The van der Waals surface area contributed by atoms with E-state index in [9.17, 15) is 18.7 Å². The van der Waals surface area contributed by atoms with Crippen molar-refractivity contribution >= 4 is 23.2 Å². The molecular formula is C28H27ClF2N6O2. The van der Waals surface area contributed by atoms with E-state index in [0.717, 1.165) is 24.2 Å².